The number of hydrogen-bond donors (Lipinski definition) is 4. The van der Waals surface area contributed by atoms with Crippen LogP contribution < -0.4 is 26.2 Å². The SMILES string of the molecule is COc1ccc(S(N)(=O)=O)cc1NC(=O)CNC(=O)CN. The van der Waals surface area contributed by atoms with Crippen LogP contribution in [0.1, 0.15) is 0 Å². The highest BCUT2D eigenvalue weighted by molar-refractivity contribution is 7.89. The number of carbonyl (C=O) groups excluding carboxylic acids is 2. The van der Waals surface area contributed by atoms with Gasteiger partial charge in [0.1, 0.15) is 5.75 Å². The van der Waals surface area contributed by atoms with Gasteiger partial charge in [-0.3, -0.25) is 9.59 Å². The Labute approximate surface area is 121 Å². The summed E-state index contributed by atoms with van der Waals surface area (Å²) in [6.07, 6.45) is 0. The number of sulfonamides is 1. The Morgan fingerprint density at radius 3 is 2.48 bits per heavy atom. The molecule has 1 rings (SSSR count). The van der Waals surface area contributed by atoms with E-state index in [4.69, 9.17) is 15.6 Å². The second-order valence-electron chi connectivity index (χ2n) is 3.94. The molecule has 9 nitrogen and oxygen atoms in total. The number of anilines is 1. The Kier molecular flexibility index (Phi) is 5.64. The molecule has 0 aromatic heterocycles. The molecule has 0 saturated carbocycles. The molecule has 1 aromatic rings. The van der Waals surface area contributed by atoms with Crippen LogP contribution in [-0.4, -0.2) is 40.4 Å². The Morgan fingerprint density at radius 1 is 1.29 bits per heavy atom. The molecule has 0 fully saturated rings. The predicted molar refractivity (Wildman–Crippen MR) is 75.1 cm³/mol. The Hall–Kier alpha value is -2.17. The first kappa shape index (κ1) is 16.9. The summed E-state index contributed by atoms with van der Waals surface area (Å²) >= 11 is 0. The Balaban J connectivity index is 2.90. The van der Waals surface area contributed by atoms with Crippen LogP contribution in [0.2, 0.25) is 0 Å². The molecule has 0 atom stereocenters. The number of carbonyl (C=O) groups is 2. The lowest BCUT2D eigenvalue weighted by molar-refractivity contribution is -0.123. The molecule has 2 amide bonds. The van der Waals surface area contributed by atoms with E-state index in [-0.39, 0.29) is 29.4 Å². The van der Waals surface area contributed by atoms with E-state index in [1.54, 1.807) is 0 Å². The predicted octanol–water partition coefficient (Wildman–Crippen LogP) is -1.64. The molecule has 0 spiro atoms. The summed E-state index contributed by atoms with van der Waals surface area (Å²) in [5.74, 6) is -0.807. The minimum absolute atomic E-state index is 0.121. The van der Waals surface area contributed by atoms with E-state index in [1.807, 2.05) is 0 Å². The van der Waals surface area contributed by atoms with Crippen LogP contribution in [0.5, 0.6) is 5.75 Å². The van der Waals surface area contributed by atoms with Gasteiger partial charge >= 0.3 is 0 Å². The topological polar surface area (TPSA) is 154 Å². The molecular formula is C11H16N4O5S. The minimum Gasteiger partial charge on any atom is -0.495 e. The van der Waals surface area contributed by atoms with E-state index in [2.05, 4.69) is 10.6 Å². The zero-order valence-electron chi connectivity index (χ0n) is 11.3. The molecule has 0 aliphatic heterocycles. The Morgan fingerprint density at radius 2 is 1.95 bits per heavy atom. The van der Waals surface area contributed by atoms with Gasteiger partial charge in [-0.2, -0.15) is 0 Å². The fraction of sp³-hybridized carbons (Fsp3) is 0.273. The van der Waals surface area contributed by atoms with Crippen molar-refractivity contribution in [2.75, 3.05) is 25.5 Å². The van der Waals surface area contributed by atoms with Gasteiger partial charge < -0.3 is 21.1 Å². The fourth-order valence-corrected chi connectivity index (χ4v) is 1.95. The summed E-state index contributed by atoms with van der Waals surface area (Å²) in [5, 5.41) is 9.70. The standard InChI is InChI=1S/C11H16N4O5S/c1-20-9-3-2-7(21(13,18)19)4-8(9)15-11(17)6-14-10(16)5-12/h2-4H,5-6,12H2,1H3,(H,14,16)(H,15,17)(H2,13,18,19). The van der Waals surface area contributed by atoms with Crippen LogP contribution in [0.25, 0.3) is 0 Å². The molecule has 0 heterocycles. The molecule has 0 bridgehead atoms. The highest BCUT2D eigenvalue weighted by atomic mass is 32.2. The first-order valence-electron chi connectivity index (χ1n) is 5.75. The molecule has 116 valence electrons. The average molecular weight is 316 g/mol. The van der Waals surface area contributed by atoms with Gasteiger partial charge in [-0.15, -0.1) is 0 Å². The molecular weight excluding hydrogens is 300 g/mol. The number of nitrogens with one attached hydrogen (secondary N) is 2. The van der Waals surface area contributed by atoms with Crippen molar-refractivity contribution in [2.45, 2.75) is 4.90 Å². The number of rotatable bonds is 6. The summed E-state index contributed by atoms with van der Waals surface area (Å²) in [5.41, 5.74) is 5.20. The van der Waals surface area contributed by atoms with Crippen molar-refractivity contribution in [3.8, 4) is 5.75 Å². The number of hydrogen-bond acceptors (Lipinski definition) is 6. The van der Waals surface area contributed by atoms with Crippen LogP contribution in [-0.2, 0) is 19.6 Å². The number of amides is 2. The summed E-state index contributed by atoms with van der Waals surface area (Å²) in [7, 11) is -2.55. The van der Waals surface area contributed by atoms with Crippen molar-refractivity contribution in [1.29, 1.82) is 0 Å². The summed E-state index contributed by atoms with van der Waals surface area (Å²) in [6, 6.07) is 3.77. The number of primary sulfonamides is 1. The second kappa shape index (κ2) is 7.02. The smallest absolute Gasteiger partial charge is 0.243 e. The third-order valence-corrected chi connectivity index (χ3v) is 3.32. The van der Waals surface area contributed by atoms with Crippen molar-refractivity contribution < 1.29 is 22.7 Å². The molecule has 0 unspecified atom stereocenters. The maximum absolute atomic E-state index is 11.7. The zero-order valence-corrected chi connectivity index (χ0v) is 12.1. The lowest BCUT2D eigenvalue weighted by Crippen LogP contribution is -2.36. The van der Waals surface area contributed by atoms with E-state index in [0.29, 0.717) is 0 Å². The Bertz CT molecular complexity index is 644. The molecule has 0 aliphatic rings. The number of methoxy groups -OCH3 is 1. The van der Waals surface area contributed by atoms with E-state index in [9.17, 15) is 18.0 Å². The van der Waals surface area contributed by atoms with E-state index < -0.39 is 21.8 Å². The van der Waals surface area contributed by atoms with Crippen LogP contribution in [0.4, 0.5) is 5.69 Å². The molecule has 1 aromatic carbocycles. The summed E-state index contributed by atoms with van der Waals surface area (Å²) in [4.78, 5) is 22.4. The van der Waals surface area contributed by atoms with Crippen LogP contribution >= 0.6 is 0 Å². The lowest BCUT2D eigenvalue weighted by atomic mass is 10.3. The van der Waals surface area contributed by atoms with Gasteiger partial charge in [0.25, 0.3) is 0 Å². The van der Waals surface area contributed by atoms with Crippen molar-refractivity contribution in [2.24, 2.45) is 10.9 Å². The average Bonchev–Trinajstić information content (AvgIpc) is 2.43. The lowest BCUT2D eigenvalue weighted by Gasteiger charge is -2.11. The van der Waals surface area contributed by atoms with Crippen LogP contribution in [0.15, 0.2) is 23.1 Å². The monoisotopic (exact) mass is 316 g/mol. The van der Waals surface area contributed by atoms with Gasteiger partial charge in [-0.1, -0.05) is 0 Å². The van der Waals surface area contributed by atoms with Crippen LogP contribution in [0.3, 0.4) is 0 Å². The van der Waals surface area contributed by atoms with Gasteiger partial charge in [-0.25, -0.2) is 13.6 Å². The first-order valence-corrected chi connectivity index (χ1v) is 7.30. The molecule has 0 radical (unpaired) electrons. The van der Waals surface area contributed by atoms with Crippen molar-refractivity contribution in [1.82, 2.24) is 5.32 Å². The van der Waals surface area contributed by atoms with E-state index in [0.717, 1.165) is 6.07 Å². The van der Waals surface area contributed by atoms with Gasteiger partial charge in [-0.05, 0) is 18.2 Å². The normalized spacial score (nSPS) is 10.8. The second-order valence-corrected chi connectivity index (χ2v) is 5.50. The van der Waals surface area contributed by atoms with Gasteiger partial charge in [0.05, 0.1) is 30.8 Å². The van der Waals surface area contributed by atoms with Crippen molar-refractivity contribution in [3.05, 3.63) is 18.2 Å². The van der Waals surface area contributed by atoms with Gasteiger partial charge in [0.2, 0.25) is 21.8 Å². The largest absolute Gasteiger partial charge is 0.495 e. The zero-order chi connectivity index (χ0) is 16.0. The van der Waals surface area contributed by atoms with E-state index >= 15 is 0 Å². The van der Waals surface area contributed by atoms with Crippen LogP contribution in [0, 0.1) is 0 Å². The molecule has 6 N–H and O–H groups in total. The van der Waals surface area contributed by atoms with Gasteiger partial charge in [0.15, 0.2) is 0 Å². The highest BCUT2D eigenvalue weighted by Crippen LogP contribution is 2.26. The van der Waals surface area contributed by atoms with Crippen molar-refractivity contribution >= 4 is 27.5 Å². The summed E-state index contributed by atoms with van der Waals surface area (Å²) < 4.78 is 27.6. The maximum Gasteiger partial charge on any atom is 0.243 e. The molecule has 21 heavy (non-hydrogen) atoms. The fourth-order valence-electron chi connectivity index (χ4n) is 1.41. The number of benzene rings is 1. The molecule has 10 heteroatoms. The van der Waals surface area contributed by atoms with Gasteiger partial charge in [0, 0.05) is 0 Å². The van der Waals surface area contributed by atoms with Crippen molar-refractivity contribution in [3.63, 3.8) is 0 Å². The third-order valence-electron chi connectivity index (χ3n) is 2.41. The minimum atomic E-state index is -3.91. The quantitative estimate of drug-likeness (QED) is 0.493. The summed E-state index contributed by atoms with van der Waals surface area (Å²) in [6.45, 7) is -0.545. The number of nitrogens with two attached hydrogens (primary N) is 2. The highest BCUT2D eigenvalue weighted by Gasteiger charge is 2.14. The molecule has 0 saturated heterocycles. The molecule has 0 aliphatic carbocycles. The third kappa shape index (κ3) is 5.02. The van der Waals surface area contributed by atoms with E-state index in [1.165, 1.54) is 19.2 Å². The first-order chi connectivity index (χ1) is 9.77. The maximum atomic E-state index is 11.7. The number of ether oxygens (including phenoxy) is 1.